The van der Waals surface area contributed by atoms with Gasteiger partial charge in [-0.2, -0.15) is 0 Å². The van der Waals surface area contributed by atoms with Gasteiger partial charge in [0.25, 0.3) is 0 Å². The van der Waals surface area contributed by atoms with Gasteiger partial charge in [-0.1, -0.05) is 6.07 Å². The highest BCUT2D eigenvalue weighted by Gasteiger charge is 2.30. The number of likely N-dealkylation sites (N-methyl/N-ethyl adjacent to an activating group) is 2. The van der Waals surface area contributed by atoms with Crippen LogP contribution < -0.4 is 10.2 Å². The maximum absolute atomic E-state index is 12.2. The van der Waals surface area contributed by atoms with Crippen LogP contribution in [0.3, 0.4) is 0 Å². The SMILES string of the molecule is CNCC1CN(c2ccc(C)cc2Br)C(=O)CN1C. The quantitative estimate of drug-likeness (QED) is 0.917. The van der Waals surface area contributed by atoms with Gasteiger partial charge in [0.05, 0.1) is 12.2 Å². The molecule has 1 aliphatic rings. The van der Waals surface area contributed by atoms with Crippen molar-refractivity contribution in [3.05, 3.63) is 28.2 Å². The largest absolute Gasteiger partial charge is 0.318 e. The van der Waals surface area contributed by atoms with Crippen molar-refractivity contribution in [1.82, 2.24) is 10.2 Å². The van der Waals surface area contributed by atoms with Gasteiger partial charge >= 0.3 is 0 Å². The number of carbonyl (C=O) groups excluding carboxylic acids is 1. The number of piperazine rings is 1. The number of benzene rings is 1. The Morgan fingerprint density at radius 2 is 2.21 bits per heavy atom. The number of nitrogens with one attached hydrogen (secondary N) is 1. The maximum Gasteiger partial charge on any atom is 0.241 e. The lowest BCUT2D eigenvalue weighted by molar-refractivity contribution is -0.121. The number of hydrogen-bond acceptors (Lipinski definition) is 3. The van der Waals surface area contributed by atoms with Crippen molar-refractivity contribution in [3.8, 4) is 0 Å². The third-order valence-electron chi connectivity index (χ3n) is 3.54. The van der Waals surface area contributed by atoms with Gasteiger partial charge in [0.2, 0.25) is 5.91 Å². The van der Waals surface area contributed by atoms with E-state index in [4.69, 9.17) is 0 Å². The summed E-state index contributed by atoms with van der Waals surface area (Å²) in [6, 6.07) is 6.45. The second kappa shape index (κ2) is 6.03. The molecule has 2 rings (SSSR count). The molecule has 0 radical (unpaired) electrons. The van der Waals surface area contributed by atoms with E-state index in [1.54, 1.807) is 0 Å². The van der Waals surface area contributed by atoms with Crippen LogP contribution in [-0.4, -0.2) is 50.6 Å². The Hall–Kier alpha value is -0.910. The van der Waals surface area contributed by atoms with E-state index in [1.807, 2.05) is 44.1 Å². The highest BCUT2D eigenvalue weighted by Crippen LogP contribution is 2.29. The standard InChI is InChI=1S/C14H20BrN3O/c1-10-4-5-13(12(15)6-10)18-8-11(7-16-2)17(3)9-14(18)19/h4-6,11,16H,7-9H2,1-3H3. The minimum Gasteiger partial charge on any atom is -0.318 e. The Morgan fingerprint density at radius 1 is 1.47 bits per heavy atom. The first-order valence-electron chi connectivity index (χ1n) is 6.44. The highest BCUT2D eigenvalue weighted by molar-refractivity contribution is 9.10. The normalized spacial score (nSPS) is 20.9. The fourth-order valence-electron chi connectivity index (χ4n) is 2.40. The second-order valence-corrected chi connectivity index (χ2v) is 5.94. The summed E-state index contributed by atoms with van der Waals surface area (Å²) in [5.74, 6) is 0.152. The zero-order valence-corrected chi connectivity index (χ0v) is 13.2. The predicted octanol–water partition coefficient (Wildman–Crippen LogP) is 1.62. The monoisotopic (exact) mass is 325 g/mol. The van der Waals surface area contributed by atoms with E-state index in [-0.39, 0.29) is 5.91 Å². The number of amides is 1. The van der Waals surface area contributed by atoms with Crippen molar-refractivity contribution < 1.29 is 4.79 Å². The summed E-state index contributed by atoms with van der Waals surface area (Å²) < 4.78 is 0.980. The molecule has 5 heteroatoms. The number of nitrogens with zero attached hydrogens (tertiary/aromatic N) is 2. The van der Waals surface area contributed by atoms with E-state index in [0.29, 0.717) is 12.6 Å². The van der Waals surface area contributed by atoms with Crippen LogP contribution in [0.1, 0.15) is 5.56 Å². The third-order valence-corrected chi connectivity index (χ3v) is 4.17. The molecule has 104 valence electrons. The molecule has 1 saturated heterocycles. The highest BCUT2D eigenvalue weighted by atomic mass is 79.9. The molecular formula is C14H20BrN3O. The van der Waals surface area contributed by atoms with Gasteiger partial charge in [0, 0.05) is 23.6 Å². The van der Waals surface area contributed by atoms with Crippen molar-refractivity contribution in [2.24, 2.45) is 0 Å². The van der Waals surface area contributed by atoms with Crippen molar-refractivity contribution in [2.45, 2.75) is 13.0 Å². The lowest BCUT2D eigenvalue weighted by atomic mass is 10.1. The first kappa shape index (κ1) is 14.5. The zero-order chi connectivity index (χ0) is 14.0. The number of carbonyl (C=O) groups is 1. The Kier molecular flexibility index (Phi) is 4.60. The fourth-order valence-corrected chi connectivity index (χ4v) is 3.11. The van der Waals surface area contributed by atoms with Crippen LogP contribution in [-0.2, 0) is 4.79 Å². The van der Waals surface area contributed by atoms with Gasteiger partial charge in [0.1, 0.15) is 0 Å². The fraction of sp³-hybridized carbons (Fsp3) is 0.500. The number of rotatable bonds is 3. The molecule has 4 nitrogen and oxygen atoms in total. The van der Waals surface area contributed by atoms with E-state index < -0.39 is 0 Å². The Labute approximate surface area is 122 Å². The molecule has 0 saturated carbocycles. The molecule has 19 heavy (non-hydrogen) atoms. The van der Waals surface area contributed by atoms with Crippen LogP contribution in [0.5, 0.6) is 0 Å². The molecule has 0 aliphatic carbocycles. The van der Waals surface area contributed by atoms with E-state index in [2.05, 4.69) is 26.1 Å². The first-order chi connectivity index (χ1) is 9.02. The molecule has 1 aliphatic heterocycles. The van der Waals surface area contributed by atoms with Gasteiger partial charge in [-0.15, -0.1) is 0 Å². The minimum atomic E-state index is 0.152. The molecule has 1 amide bonds. The van der Waals surface area contributed by atoms with Crippen molar-refractivity contribution in [1.29, 1.82) is 0 Å². The van der Waals surface area contributed by atoms with E-state index >= 15 is 0 Å². The van der Waals surface area contributed by atoms with Crippen molar-refractivity contribution in [3.63, 3.8) is 0 Å². The van der Waals surface area contributed by atoms with Crippen LogP contribution in [0, 0.1) is 6.92 Å². The molecule has 1 aromatic rings. The Balaban J connectivity index is 2.25. The number of hydrogen-bond donors (Lipinski definition) is 1. The molecule has 1 unspecified atom stereocenters. The second-order valence-electron chi connectivity index (χ2n) is 5.09. The lowest BCUT2D eigenvalue weighted by Crippen LogP contribution is -2.57. The smallest absolute Gasteiger partial charge is 0.241 e. The van der Waals surface area contributed by atoms with Gasteiger partial charge in [-0.05, 0) is 54.6 Å². The van der Waals surface area contributed by atoms with E-state index in [0.717, 1.165) is 23.2 Å². The van der Waals surface area contributed by atoms with Crippen LogP contribution >= 0.6 is 15.9 Å². The summed E-state index contributed by atoms with van der Waals surface area (Å²) >= 11 is 3.56. The van der Waals surface area contributed by atoms with E-state index in [1.165, 1.54) is 5.56 Å². The number of halogens is 1. The van der Waals surface area contributed by atoms with Gasteiger partial charge < -0.3 is 10.2 Å². The average molecular weight is 326 g/mol. The van der Waals surface area contributed by atoms with Crippen LogP contribution in [0.25, 0.3) is 0 Å². The van der Waals surface area contributed by atoms with Crippen molar-refractivity contribution >= 4 is 27.5 Å². The van der Waals surface area contributed by atoms with Crippen molar-refractivity contribution in [2.75, 3.05) is 38.6 Å². The molecule has 0 bridgehead atoms. The number of aryl methyl sites for hydroxylation is 1. The molecule has 0 aromatic heterocycles. The van der Waals surface area contributed by atoms with Gasteiger partial charge in [0.15, 0.2) is 0 Å². The summed E-state index contributed by atoms with van der Waals surface area (Å²) in [6.45, 7) is 4.11. The lowest BCUT2D eigenvalue weighted by Gasteiger charge is -2.39. The summed E-state index contributed by atoms with van der Waals surface area (Å²) in [6.07, 6.45) is 0. The zero-order valence-electron chi connectivity index (χ0n) is 11.6. The molecule has 1 heterocycles. The summed E-state index contributed by atoms with van der Waals surface area (Å²) in [5.41, 5.74) is 2.15. The molecule has 1 fully saturated rings. The summed E-state index contributed by atoms with van der Waals surface area (Å²) in [4.78, 5) is 16.2. The first-order valence-corrected chi connectivity index (χ1v) is 7.23. The third kappa shape index (κ3) is 3.16. The van der Waals surface area contributed by atoms with Crippen LogP contribution in [0.4, 0.5) is 5.69 Å². The summed E-state index contributed by atoms with van der Waals surface area (Å²) in [7, 11) is 3.94. The molecule has 1 atom stereocenters. The molecular weight excluding hydrogens is 306 g/mol. The molecule has 1 N–H and O–H groups in total. The molecule has 0 spiro atoms. The minimum absolute atomic E-state index is 0.152. The van der Waals surface area contributed by atoms with E-state index in [9.17, 15) is 4.79 Å². The Morgan fingerprint density at radius 3 is 2.84 bits per heavy atom. The molecule has 1 aromatic carbocycles. The van der Waals surface area contributed by atoms with Crippen LogP contribution in [0.2, 0.25) is 0 Å². The predicted molar refractivity (Wildman–Crippen MR) is 81.6 cm³/mol. The topological polar surface area (TPSA) is 35.6 Å². The maximum atomic E-state index is 12.2. The Bertz CT molecular complexity index is 478. The number of anilines is 1. The van der Waals surface area contributed by atoms with Gasteiger partial charge in [-0.3, -0.25) is 9.69 Å². The summed E-state index contributed by atoms with van der Waals surface area (Å²) in [5, 5.41) is 3.19. The van der Waals surface area contributed by atoms with Gasteiger partial charge in [-0.25, -0.2) is 0 Å². The van der Waals surface area contributed by atoms with Crippen LogP contribution in [0.15, 0.2) is 22.7 Å². The average Bonchev–Trinajstić information content (AvgIpc) is 2.34.